The van der Waals surface area contributed by atoms with Crippen molar-refractivity contribution >= 4 is 5.65 Å². The number of hydrogen-bond acceptors (Lipinski definition) is 3. The maximum Gasteiger partial charge on any atom is 0.161 e. The van der Waals surface area contributed by atoms with Crippen molar-refractivity contribution in [2.75, 3.05) is 14.2 Å². The Morgan fingerprint density at radius 3 is 2.38 bits per heavy atom. The summed E-state index contributed by atoms with van der Waals surface area (Å²) >= 11 is 0. The van der Waals surface area contributed by atoms with E-state index >= 15 is 0 Å². The zero-order chi connectivity index (χ0) is 17.9. The summed E-state index contributed by atoms with van der Waals surface area (Å²) in [6.45, 7) is 0. The average Bonchev–Trinajstić information content (AvgIpc) is 3.07. The van der Waals surface area contributed by atoms with Crippen molar-refractivity contribution in [1.82, 2.24) is 9.38 Å². The number of imidazole rings is 1. The molecule has 0 aliphatic rings. The van der Waals surface area contributed by atoms with E-state index in [4.69, 9.17) is 14.5 Å². The van der Waals surface area contributed by atoms with Crippen LogP contribution >= 0.6 is 0 Å². The second-order valence-corrected chi connectivity index (χ2v) is 6.07. The van der Waals surface area contributed by atoms with Gasteiger partial charge in [-0.25, -0.2) is 4.98 Å². The summed E-state index contributed by atoms with van der Waals surface area (Å²) in [5.74, 6) is 1.41. The molecule has 0 saturated carbocycles. The smallest absolute Gasteiger partial charge is 0.161 e. The van der Waals surface area contributed by atoms with Crippen LogP contribution in [0.4, 0.5) is 0 Å². The number of fused-ring (bicyclic) bond motifs is 1. The van der Waals surface area contributed by atoms with Crippen LogP contribution in [0.5, 0.6) is 11.5 Å². The molecule has 0 atom stereocenters. The van der Waals surface area contributed by atoms with E-state index in [1.54, 1.807) is 14.2 Å². The summed E-state index contributed by atoms with van der Waals surface area (Å²) in [5.41, 5.74) is 5.31. The number of methoxy groups -OCH3 is 2. The average molecular weight is 344 g/mol. The summed E-state index contributed by atoms with van der Waals surface area (Å²) in [6.07, 6.45) is 2.86. The molecule has 4 aromatic rings. The molecule has 26 heavy (non-hydrogen) atoms. The van der Waals surface area contributed by atoms with Gasteiger partial charge in [0.2, 0.25) is 0 Å². The number of pyridine rings is 1. The van der Waals surface area contributed by atoms with Crippen LogP contribution in [0, 0.1) is 0 Å². The van der Waals surface area contributed by atoms with Gasteiger partial charge < -0.3 is 13.9 Å². The fourth-order valence-electron chi connectivity index (χ4n) is 3.22. The van der Waals surface area contributed by atoms with Crippen molar-refractivity contribution in [3.8, 4) is 22.8 Å². The molecule has 0 N–H and O–H groups in total. The number of hydrogen-bond donors (Lipinski definition) is 0. The van der Waals surface area contributed by atoms with Gasteiger partial charge in [0.1, 0.15) is 5.65 Å². The van der Waals surface area contributed by atoms with E-state index in [1.807, 2.05) is 42.5 Å². The molecule has 0 spiro atoms. The summed E-state index contributed by atoms with van der Waals surface area (Å²) < 4.78 is 13.0. The normalized spacial score (nSPS) is 10.8. The molecule has 130 valence electrons. The van der Waals surface area contributed by atoms with Gasteiger partial charge in [-0.3, -0.25) is 0 Å². The largest absolute Gasteiger partial charge is 0.493 e. The zero-order valence-electron chi connectivity index (χ0n) is 14.8. The van der Waals surface area contributed by atoms with Crippen molar-refractivity contribution in [3.63, 3.8) is 0 Å². The highest BCUT2D eigenvalue weighted by molar-refractivity contribution is 5.70. The van der Waals surface area contributed by atoms with Crippen LogP contribution in [0.3, 0.4) is 0 Å². The molecule has 0 radical (unpaired) electrons. The molecule has 0 saturated heterocycles. The lowest BCUT2D eigenvalue weighted by molar-refractivity contribution is 0.355. The molecule has 0 amide bonds. The molecule has 2 aromatic heterocycles. The number of rotatable bonds is 5. The monoisotopic (exact) mass is 344 g/mol. The Morgan fingerprint density at radius 2 is 1.62 bits per heavy atom. The van der Waals surface area contributed by atoms with Gasteiger partial charge in [0.05, 0.1) is 25.6 Å². The zero-order valence-corrected chi connectivity index (χ0v) is 14.8. The Bertz CT molecular complexity index is 1040. The SMILES string of the molecule is COc1ccc(-c2nc3ccccn3c2Cc2ccccc2)cc1OC. The van der Waals surface area contributed by atoms with E-state index in [1.165, 1.54) is 5.56 Å². The molecule has 4 heteroatoms. The van der Waals surface area contributed by atoms with Gasteiger partial charge in [-0.05, 0) is 35.9 Å². The van der Waals surface area contributed by atoms with E-state index in [9.17, 15) is 0 Å². The Morgan fingerprint density at radius 1 is 0.846 bits per heavy atom. The topological polar surface area (TPSA) is 35.8 Å². The van der Waals surface area contributed by atoms with Gasteiger partial charge in [-0.15, -0.1) is 0 Å². The van der Waals surface area contributed by atoms with Crippen LogP contribution in [0.1, 0.15) is 11.3 Å². The summed E-state index contributed by atoms with van der Waals surface area (Å²) in [6, 6.07) is 22.4. The molecule has 0 aliphatic heterocycles. The lowest BCUT2D eigenvalue weighted by Crippen LogP contribution is -1.97. The molecular weight excluding hydrogens is 324 g/mol. The standard InChI is InChI=1S/C22H20N2O2/c1-25-19-12-11-17(15-20(19)26-2)22-18(14-16-8-4-3-5-9-16)24-13-7-6-10-21(24)23-22/h3-13,15H,14H2,1-2H3. The van der Waals surface area contributed by atoms with Crippen LogP contribution in [-0.2, 0) is 6.42 Å². The molecule has 4 rings (SSSR count). The second-order valence-electron chi connectivity index (χ2n) is 6.07. The summed E-state index contributed by atoms with van der Waals surface area (Å²) in [4.78, 5) is 4.88. The third-order valence-electron chi connectivity index (χ3n) is 4.50. The molecule has 4 nitrogen and oxygen atoms in total. The first-order chi connectivity index (χ1) is 12.8. The Hall–Kier alpha value is -3.27. The van der Waals surface area contributed by atoms with Crippen LogP contribution in [-0.4, -0.2) is 23.6 Å². The maximum atomic E-state index is 5.47. The predicted molar refractivity (Wildman–Crippen MR) is 103 cm³/mol. The highest BCUT2D eigenvalue weighted by Crippen LogP contribution is 2.34. The van der Waals surface area contributed by atoms with Gasteiger partial charge in [0, 0.05) is 18.2 Å². The van der Waals surface area contributed by atoms with Crippen molar-refractivity contribution in [2.45, 2.75) is 6.42 Å². The number of aromatic nitrogens is 2. The van der Waals surface area contributed by atoms with E-state index in [0.717, 1.165) is 29.0 Å². The Balaban J connectivity index is 1.88. The van der Waals surface area contributed by atoms with Crippen molar-refractivity contribution < 1.29 is 9.47 Å². The van der Waals surface area contributed by atoms with Crippen molar-refractivity contribution in [1.29, 1.82) is 0 Å². The summed E-state index contributed by atoms with van der Waals surface area (Å²) in [5, 5.41) is 0. The molecule has 2 aromatic carbocycles. The number of benzene rings is 2. The fourth-order valence-corrected chi connectivity index (χ4v) is 3.22. The molecule has 0 fully saturated rings. The number of nitrogens with zero attached hydrogens (tertiary/aromatic N) is 2. The molecule has 0 unspecified atom stereocenters. The maximum absolute atomic E-state index is 5.47. The van der Waals surface area contributed by atoms with Crippen molar-refractivity contribution in [3.05, 3.63) is 84.2 Å². The first kappa shape index (κ1) is 16.2. The minimum absolute atomic E-state index is 0.702. The Kier molecular flexibility index (Phi) is 4.32. The molecule has 0 bridgehead atoms. The van der Waals surface area contributed by atoms with E-state index in [0.29, 0.717) is 11.5 Å². The third-order valence-corrected chi connectivity index (χ3v) is 4.50. The van der Waals surface area contributed by atoms with E-state index in [-0.39, 0.29) is 0 Å². The molecular formula is C22H20N2O2. The van der Waals surface area contributed by atoms with Crippen LogP contribution in [0.15, 0.2) is 72.9 Å². The van der Waals surface area contributed by atoms with Gasteiger partial charge in [-0.2, -0.15) is 0 Å². The quantitative estimate of drug-likeness (QED) is 0.530. The Labute approximate surface area is 152 Å². The van der Waals surface area contributed by atoms with Crippen LogP contribution in [0.2, 0.25) is 0 Å². The third kappa shape index (κ3) is 2.90. The molecule has 2 heterocycles. The second kappa shape index (κ2) is 6.92. The van der Waals surface area contributed by atoms with Gasteiger partial charge in [0.15, 0.2) is 11.5 Å². The number of ether oxygens (including phenoxy) is 2. The van der Waals surface area contributed by atoms with Gasteiger partial charge in [0.25, 0.3) is 0 Å². The first-order valence-corrected chi connectivity index (χ1v) is 8.52. The van der Waals surface area contributed by atoms with Gasteiger partial charge in [-0.1, -0.05) is 36.4 Å². The first-order valence-electron chi connectivity index (χ1n) is 8.52. The van der Waals surface area contributed by atoms with Crippen molar-refractivity contribution in [2.24, 2.45) is 0 Å². The predicted octanol–water partition coefficient (Wildman–Crippen LogP) is 4.61. The summed E-state index contributed by atoms with van der Waals surface area (Å²) in [7, 11) is 3.29. The highest BCUT2D eigenvalue weighted by atomic mass is 16.5. The van der Waals surface area contributed by atoms with Gasteiger partial charge >= 0.3 is 0 Å². The highest BCUT2D eigenvalue weighted by Gasteiger charge is 2.16. The lowest BCUT2D eigenvalue weighted by atomic mass is 10.0. The fraction of sp³-hybridized carbons (Fsp3) is 0.136. The molecule has 0 aliphatic carbocycles. The van der Waals surface area contributed by atoms with E-state index < -0.39 is 0 Å². The lowest BCUT2D eigenvalue weighted by Gasteiger charge is -2.10. The van der Waals surface area contributed by atoms with Crippen LogP contribution in [0.25, 0.3) is 16.9 Å². The van der Waals surface area contributed by atoms with Crippen LogP contribution < -0.4 is 9.47 Å². The minimum Gasteiger partial charge on any atom is -0.493 e. The minimum atomic E-state index is 0.702. The van der Waals surface area contributed by atoms with E-state index in [2.05, 4.69) is 34.9 Å².